The maximum atomic E-state index is 4.83. The van der Waals surface area contributed by atoms with E-state index in [0.29, 0.717) is 5.92 Å². The Morgan fingerprint density at radius 2 is 1.17 bits per heavy atom. The van der Waals surface area contributed by atoms with E-state index in [0.717, 1.165) is 6.54 Å². The van der Waals surface area contributed by atoms with E-state index in [2.05, 4.69) is 128 Å². The first-order valence-electron chi connectivity index (χ1n) is 10.4. The monoisotopic (exact) mass is 407 g/mol. The van der Waals surface area contributed by atoms with Crippen molar-refractivity contribution in [1.82, 2.24) is 0 Å². The molecule has 1 nitrogen and oxygen atoms in total. The normalized spacial score (nSPS) is 12.3. The van der Waals surface area contributed by atoms with Crippen molar-refractivity contribution in [2.24, 2.45) is 4.99 Å². The third-order valence-electron chi connectivity index (χ3n) is 5.18. The van der Waals surface area contributed by atoms with Crippen LogP contribution in [0.2, 0.25) is 0 Å². The summed E-state index contributed by atoms with van der Waals surface area (Å²) in [5, 5.41) is 4.07. The van der Waals surface area contributed by atoms with Crippen LogP contribution in [0.25, 0.3) is 0 Å². The van der Waals surface area contributed by atoms with Crippen LogP contribution < -0.4 is 15.9 Å². The fourth-order valence-corrected chi connectivity index (χ4v) is 6.00. The van der Waals surface area contributed by atoms with E-state index in [1.54, 1.807) is 0 Å². The highest BCUT2D eigenvalue weighted by atomic mass is 31.1. The summed E-state index contributed by atoms with van der Waals surface area (Å²) >= 11 is 0. The Hall–Kier alpha value is -3.02. The van der Waals surface area contributed by atoms with Gasteiger partial charge in [0.25, 0.3) is 0 Å². The average molecular weight is 407 g/mol. The Balaban J connectivity index is 1.65. The van der Waals surface area contributed by atoms with Gasteiger partial charge in [-0.3, -0.25) is 4.99 Å². The molecule has 0 saturated carbocycles. The van der Waals surface area contributed by atoms with Crippen LogP contribution >= 0.6 is 7.92 Å². The summed E-state index contributed by atoms with van der Waals surface area (Å²) in [5.74, 6) is 0.402. The minimum Gasteiger partial charge on any atom is -0.292 e. The van der Waals surface area contributed by atoms with Crippen molar-refractivity contribution >= 4 is 30.0 Å². The van der Waals surface area contributed by atoms with Gasteiger partial charge in [-0.15, -0.1) is 0 Å². The van der Waals surface area contributed by atoms with E-state index in [4.69, 9.17) is 4.99 Å². The lowest BCUT2D eigenvalue weighted by atomic mass is 10.0. The van der Waals surface area contributed by atoms with Crippen LogP contribution in [-0.2, 0) is 0 Å². The summed E-state index contributed by atoms with van der Waals surface area (Å²) in [6.07, 6.45) is 2.07. The maximum Gasteiger partial charge on any atom is 0.0455 e. The number of benzene rings is 4. The minimum absolute atomic E-state index is 0.402. The number of rotatable bonds is 7. The van der Waals surface area contributed by atoms with E-state index in [1.807, 2.05) is 0 Å². The van der Waals surface area contributed by atoms with Crippen molar-refractivity contribution in [1.29, 1.82) is 0 Å². The first kappa shape index (κ1) is 20.3. The van der Waals surface area contributed by atoms with Gasteiger partial charge in [0.15, 0.2) is 0 Å². The van der Waals surface area contributed by atoms with Gasteiger partial charge in [-0.05, 0) is 29.4 Å². The van der Waals surface area contributed by atoms with Gasteiger partial charge in [-0.2, -0.15) is 0 Å². The molecular weight excluding hydrogens is 381 g/mol. The smallest absolute Gasteiger partial charge is 0.0455 e. The van der Waals surface area contributed by atoms with Crippen LogP contribution in [0.5, 0.6) is 0 Å². The molecule has 0 N–H and O–H groups in total. The highest BCUT2D eigenvalue weighted by molar-refractivity contribution is 7.80. The molecule has 0 aliphatic carbocycles. The SMILES string of the molecule is C[C@@H](CN=Cc1ccccc1P(c1ccccc1)c1ccccc1)c1ccccc1. The molecule has 148 valence electrons. The van der Waals surface area contributed by atoms with Crippen molar-refractivity contribution in [3.63, 3.8) is 0 Å². The van der Waals surface area contributed by atoms with Crippen molar-refractivity contribution < 1.29 is 0 Å². The molecule has 0 saturated heterocycles. The Bertz CT molecular complexity index is 1040. The largest absolute Gasteiger partial charge is 0.292 e. The Labute approximate surface area is 180 Å². The maximum absolute atomic E-state index is 4.83. The molecule has 0 bridgehead atoms. The lowest BCUT2D eigenvalue weighted by Gasteiger charge is -2.21. The molecule has 4 rings (SSSR count). The zero-order valence-corrected chi connectivity index (χ0v) is 18.1. The number of nitrogens with zero attached hydrogens (tertiary/aromatic N) is 1. The van der Waals surface area contributed by atoms with E-state index < -0.39 is 7.92 Å². The van der Waals surface area contributed by atoms with Gasteiger partial charge >= 0.3 is 0 Å². The second-order valence-corrected chi connectivity index (χ2v) is 9.56. The van der Waals surface area contributed by atoms with Gasteiger partial charge in [0.1, 0.15) is 0 Å². The molecule has 0 aliphatic heterocycles. The second kappa shape index (κ2) is 10.1. The van der Waals surface area contributed by atoms with Gasteiger partial charge in [0.2, 0.25) is 0 Å². The third-order valence-corrected chi connectivity index (χ3v) is 7.70. The highest BCUT2D eigenvalue weighted by Crippen LogP contribution is 2.33. The number of aliphatic imine (C=N–C) groups is 1. The average Bonchev–Trinajstić information content (AvgIpc) is 2.82. The van der Waals surface area contributed by atoms with Crippen LogP contribution in [0.4, 0.5) is 0 Å². The predicted molar refractivity (Wildman–Crippen MR) is 132 cm³/mol. The predicted octanol–water partition coefficient (Wildman–Crippen LogP) is 5.67. The molecule has 0 aromatic heterocycles. The van der Waals surface area contributed by atoms with Crippen molar-refractivity contribution in [3.05, 3.63) is 126 Å². The number of hydrogen-bond donors (Lipinski definition) is 0. The summed E-state index contributed by atoms with van der Waals surface area (Å²) in [6.45, 7) is 3.02. The molecular formula is C28H26NP. The Morgan fingerprint density at radius 3 is 1.77 bits per heavy atom. The van der Waals surface area contributed by atoms with Crippen molar-refractivity contribution in [2.75, 3.05) is 6.54 Å². The van der Waals surface area contributed by atoms with Gasteiger partial charge in [0.05, 0.1) is 0 Å². The topological polar surface area (TPSA) is 12.4 Å². The zero-order valence-electron chi connectivity index (χ0n) is 17.2. The molecule has 30 heavy (non-hydrogen) atoms. The number of hydrogen-bond acceptors (Lipinski definition) is 1. The van der Waals surface area contributed by atoms with Gasteiger partial charge in [-0.25, -0.2) is 0 Å². The van der Waals surface area contributed by atoms with Gasteiger partial charge < -0.3 is 0 Å². The van der Waals surface area contributed by atoms with E-state index in [-0.39, 0.29) is 0 Å². The van der Waals surface area contributed by atoms with E-state index in [1.165, 1.54) is 27.0 Å². The standard InChI is InChI=1S/C28H26NP/c1-23(24-13-5-2-6-14-24)21-29-22-25-15-11-12-20-28(25)30(26-16-7-3-8-17-26)27-18-9-4-10-19-27/h2-20,22-23H,21H2,1H3/t23-/m0/s1. The lowest BCUT2D eigenvalue weighted by Crippen LogP contribution is -2.23. The zero-order chi connectivity index (χ0) is 20.6. The minimum atomic E-state index is -0.634. The van der Waals surface area contributed by atoms with E-state index >= 15 is 0 Å². The fraction of sp³-hybridized carbons (Fsp3) is 0.107. The van der Waals surface area contributed by atoms with Crippen LogP contribution in [0, 0.1) is 0 Å². The molecule has 4 aromatic carbocycles. The summed E-state index contributed by atoms with van der Waals surface area (Å²) in [4.78, 5) is 4.83. The first-order valence-corrected chi connectivity index (χ1v) is 11.7. The van der Waals surface area contributed by atoms with Gasteiger partial charge in [0, 0.05) is 24.2 Å². The second-order valence-electron chi connectivity index (χ2n) is 7.37. The summed E-state index contributed by atoms with van der Waals surface area (Å²) < 4.78 is 0. The molecule has 2 heteroatoms. The van der Waals surface area contributed by atoms with Crippen molar-refractivity contribution in [2.45, 2.75) is 12.8 Å². The first-order chi connectivity index (χ1) is 14.8. The molecule has 0 radical (unpaired) electrons. The molecule has 4 aromatic rings. The van der Waals surface area contributed by atoms with Crippen LogP contribution in [-0.4, -0.2) is 12.8 Å². The molecule has 0 spiro atoms. The van der Waals surface area contributed by atoms with Gasteiger partial charge in [-0.1, -0.05) is 122 Å². The molecule has 0 heterocycles. The fourth-order valence-electron chi connectivity index (χ4n) is 3.58. The van der Waals surface area contributed by atoms with Crippen LogP contribution in [0.15, 0.2) is 120 Å². The third kappa shape index (κ3) is 4.93. The summed E-state index contributed by atoms with van der Waals surface area (Å²) in [5.41, 5.74) is 2.54. The quantitative estimate of drug-likeness (QED) is 0.277. The molecule has 1 atom stereocenters. The van der Waals surface area contributed by atoms with Crippen molar-refractivity contribution in [3.8, 4) is 0 Å². The summed E-state index contributed by atoms with van der Waals surface area (Å²) in [6, 6.07) is 41.0. The van der Waals surface area contributed by atoms with E-state index in [9.17, 15) is 0 Å². The summed E-state index contributed by atoms with van der Waals surface area (Å²) in [7, 11) is -0.634. The molecule has 0 amide bonds. The Morgan fingerprint density at radius 1 is 0.667 bits per heavy atom. The molecule has 0 aliphatic rings. The lowest BCUT2D eigenvalue weighted by molar-refractivity contribution is 0.778. The highest BCUT2D eigenvalue weighted by Gasteiger charge is 2.18. The Kier molecular flexibility index (Phi) is 6.85. The molecule has 0 fully saturated rings. The van der Waals surface area contributed by atoms with Crippen LogP contribution in [0.1, 0.15) is 24.0 Å². The van der Waals surface area contributed by atoms with Crippen LogP contribution in [0.3, 0.4) is 0 Å². The molecule has 0 unspecified atom stereocenters.